The van der Waals surface area contributed by atoms with Crippen LogP contribution in [-0.2, 0) is 11.3 Å². The van der Waals surface area contributed by atoms with Crippen LogP contribution in [0.3, 0.4) is 0 Å². The number of carboxylic acids is 1. The quantitative estimate of drug-likeness (QED) is 0.852. The highest BCUT2D eigenvalue weighted by Crippen LogP contribution is 2.19. The molecule has 0 aliphatic rings. The van der Waals surface area contributed by atoms with Crippen LogP contribution in [0.25, 0.3) is 0 Å². The molecule has 0 aliphatic carbocycles. The molecule has 116 valence electrons. The molecule has 0 atom stereocenters. The molecule has 2 aromatic rings. The van der Waals surface area contributed by atoms with Crippen LogP contribution >= 0.6 is 11.3 Å². The lowest BCUT2D eigenvalue weighted by atomic mass is 10.2. The number of ether oxygens (including phenoxy) is 1. The van der Waals surface area contributed by atoms with Crippen LogP contribution in [0.4, 0.5) is 5.69 Å². The van der Waals surface area contributed by atoms with Gasteiger partial charge in [0.05, 0.1) is 17.6 Å². The molecule has 2 rings (SSSR count). The summed E-state index contributed by atoms with van der Waals surface area (Å²) in [4.78, 5) is 23.4. The molecule has 1 aromatic heterocycles. The predicted octanol–water partition coefficient (Wildman–Crippen LogP) is 3.62. The first-order chi connectivity index (χ1) is 10.5. The van der Waals surface area contributed by atoms with Crippen molar-refractivity contribution in [3.05, 3.63) is 51.7 Å². The van der Waals surface area contributed by atoms with Gasteiger partial charge in [-0.3, -0.25) is 4.79 Å². The fourth-order valence-electron chi connectivity index (χ4n) is 1.77. The maximum Gasteiger partial charge on any atom is 0.345 e. The summed E-state index contributed by atoms with van der Waals surface area (Å²) in [7, 11) is 0. The van der Waals surface area contributed by atoms with Gasteiger partial charge in [-0.1, -0.05) is 12.1 Å². The van der Waals surface area contributed by atoms with Crippen molar-refractivity contribution in [2.45, 2.75) is 26.6 Å². The van der Waals surface area contributed by atoms with Crippen molar-refractivity contribution in [2.75, 3.05) is 5.32 Å². The zero-order valence-corrected chi connectivity index (χ0v) is 13.1. The number of rotatable bonds is 6. The third kappa shape index (κ3) is 4.41. The van der Waals surface area contributed by atoms with Gasteiger partial charge in [0.1, 0.15) is 4.88 Å². The van der Waals surface area contributed by atoms with Gasteiger partial charge in [0, 0.05) is 5.69 Å². The summed E-state index contributed by atoms with van der Waals surface area (Å²) in [5.41, 5.74) is 1.61. The lowest BCUT2D eigenvalue weighted by Crippen LogP contribution is -2.10. The molecule has 1 heterocycles. The normalized spacial score (nSPS) is 10.7. The van der Waals surface area contributed by atoms with E-state index >= 15 is 0 Å². The predicted molar refractivity (Wildman–Crippen MR) is 85.6 cm³/mol. The zero-order chi connectivity index (χ0) is 16.1. The molecule has 0 radical (unpaired) electrons. The molecular weight excluding hydrogens is 302 g/mol. The molecule has 0 fully saturated rings. The fourth-order valence-corrected chi connectivity index (χ4v) is 2.51. The summed E-state index contributed by atoms with van der Waals surface area (Å²) < 4.78 is 5.53. The number of carboxylic acid groups (broad SMARTS) is 1. The molecule has 6 heteroatoms. The van der Waals surface area contributed by atoms with Crippen LogP contribution in [0.5, 0.6) is 0 Å². The molecular formula is C16H17NO4S. The Morgan fingerprint density at radius 1 is 1.23 bits per heavy atom. The van der Waals surface area contributed by atoms with Gasteiger partial charge in [-0.2, -0.15) is 0 Å². The molecule has 1 amide bonds. The molecule has 1 aromatic carbocycles. The number of anilines is 1. The topological polar surface area (TPSA) is 75.6 Å². The highest BCUT2D eigenvalue weighted by Gasteiger charge is 2.13. The van der Waals surface area contributed by atoms with Gasteiger partial charge in [-0.05, 0) is 43.7 Å². The minimum atomic E-state index is -1.03. The number of hydrogen-bond donors (Lipinski definition) is 2. The molecule has 0 saturated heterocycles. The Morgan fingerprint density at radius 2 is 1.95 bits per heavy atom. The van der Waals surface area contributed by atoms with E-state index in [-0.39, 0.29) is 16.9 Å². The summed E-state index contributed by atoms with van der Waals surface area (Å²) in [6.45, 7) is 4.40. The Balaban J connectivity index is 2.04. The van der Waals surface area contributed by atoms with Crippen molar-refractivity contribution in [1.82, 2.24) is 0 Å². The van der Waals surface area contributed by atoms with Gasteiger partial charge in [0.25, 0.3) is 5.91 Å². The average Bonchev–Trinajstić information content (AvgIpc) is 2.95. The van der Waals surface area contributed by atoms with Crippen LogP contribution in [-0.4, -0.2) is 23.1 Å². The zero-order valence-electron chi connectivity index (χ0n) is 12.3. The largest absolute Gasteiger partial charge is 0.477 e. The number of amides is 1. The van der Waals surface area contributed by atoms with E-state index < -0.39 is 5.97 Å². The number of benzene rings is 1. The number of carbonyl (C=O) groups is 2. The summed E-state index contributed by atoms with van der Waals surface area (Å²) in [6, 6.07) is 10.3. The van der Waals surface area contributed by atoms with Crippen LogP contribution in [0.15, 0.2) is 36.4 Å². The second kappa shape index (κ2) is 7.20. The standard InChI is InChI=1S/C16H17NO4S/c1-10(2)21-9-11-4-3-5-12(8-11)17-15(18)13-6-7-14(22-13)16(19)20/h3-8,10H,9H2,1-2H3,(H,17,18)(H,19,20). The fraction of sp³-hybridized carbons (Fsp3) is 0.250. The van der Waals surface area contributed by atoms with Crippen LogP contribution in [0.2, 0.25) is 0 Å². The van der Waals surface area contributed by atoms with Crippen LogP contribution in [0, 0.1) is 0 Å². The van der Waals surface area contributed by atoms with E-state index in [1.54, 1.807) is 6.07 Å². The first-order valence-corrected chi connectivity index (χ1v) is 7.62. The molecule has 0 unspecified atom stereocenters. The molecule has 22 heavy (non-hydrogen) atoms. The highest BCUT2D eigenvalue weighted by atomic mass is 32.1. The Hall–Kier alpha value is -2.18. The Labute approximate surface area is 132 Å². The van der Waals surface area contributed by atoms with Gasteiger partial charge in [0.2, 0.25) is 0 Å². The van der Waals surface area contributed by atoms with E-state index in [9.17, 15) is 9.59 Å². The van der Waals surface area contributed by atoms with Crippen molar-refractivity contribution >= 4 is 28.9 Å². The van der Waals surface area contributed by atoms with E-state index in [1.165, 1.54) is 12.1 Å². The van der Waals surface area contributed by atoms with Gasteiger partial charge >= 0.3 is 5.97 Å². The first-order valence-electron chi connectivity index (χ1n) is 6.80. The van der Waals surface area contributed by atoms with Gasteiger partial charge in [-0.25, -0.2) is 4.79 Å². The Morgan fingerprint density at radius 3 is 2.59 bits per heavy atom. The second-order valence-electron chi connectivity index (χ2n) is 4.98. The van der Waals surface area contributed by atoms with Gasteiger partial charge in [-0.15, -0.1) is 11.3 Å². The van der Waals surface area contributed by atoms with Gasteiger partial charge in [0.15, 0.2) is 0 Å². The van der Waals surface area contributed by atoms with Crippen molar-refractivity contribution in [3.63, 3.8) is 0 Å². The van der Waals surface area contributed by atoms with E-state index in [2.05, 4.69) is 5.32 Å². The first kappa shape index (κ1) is 16.2. The summed E-state index contributed by atoms with van der Waals surface area (Å²) in [5.74, 6) is -1.35. The van der Waals surface area contributed by atoms with E-state index in [4.69, 9.17) is 9.84 Å². The third-order valence-corrected chi connectivity index (χ3v) is 3.88. The van der Waals surface area contributed by atoms with E-state index in [1.807, 2.05) is 32.0 Å². The molecule has 0 spiro atoms. The third-order valence-electron chi connectivity index (χ3n) is 2.81. The van der Waals surface area contributed by atoms with Crippen molar-refractivity contribution in [3.8, 4) is 0 Å². The van der Waals surface area contributed by atoms with Crippen molar-refractivity contribution in [1.29, 1.82) is 0 Å². The van der Waals surface area contributed by atoms with E-state index in [0.29, 0.717) is 17.2 Å². The molecule has 0 saturated carbocycles. The van der Waals surface area contributed by atoms with Crippen LogP contribution < -0.4 is 5.32 Å². The SMILES string of the molecule is CC(C)OCc1cccc(NC(=O)c2ccc(C(=O)O)s2)c1. The van der Waals surface area contributed by atoms with E-state index in [0.717, 1.165) is 16.9 Å². The number of nitrogens with one attached hydrogen (secondary N) is 1. The second-order valence-corrected chi connectivity index (χ2v) is 6.07. The lowest BCUT2D eigenvalue weighted by Gasteiger charge is -2.09. The minimum Gasteiger partial charge on any atom is -0.477 e. The number of aromatic carboxylic acids is 1. The van der Waals surface area contributed by atoms with Crippen molar-refractivity contribution in [2.24, 2.45) is 0 Å². The smallest absolute Gasteiger partial charge is 0.345 e. The molecule has 0 aliphatic heterocycles. The average molecular weight is 319 g/mol. The summed E-state index contributed by atoms with van der Waals surface area (Å²) in [5, 5.41) is 11.6. The van der Waals surface area contributed by atoms with Crippen LogP contribution in [0.1, 0.15) is 38.8 Å². The highest BCUT2D eigenvalue weighted by molar-refractivity contribution is 7.15. The maximum absolute atomic E-state index is 12.1. The lowest BCUT2D eigenvalue weighted by molar-refractivity contribution is 0.0657. The monoisotopic (exact) mass is 319 g/mol. The Kier molecular flexibility index (Phi) is 5.30. The molecule has 2 N–H and O–H groups in total. The summed E-state index contributed by atoms with van der Waals surface area (Å²) >= 11 is 0.950. The molecule has 0 bridgehead atoms. The maximum atomic E-state index is 12.1. The number of hydrogen-bond acceptors (Lipinski definition) is 4. The van der Waals surface area contributed by atoms with Gasteiger partial charge < -0.3 is 15.2 Å². The minimum absolute atomic E-state index is 0.138. The molecule has 5 nitrogen and oxygen atoms in total. The Bertz CT molecular complexity index is 678. The number of carbonyl (C=O) groups excluding carboxylic acids is 1. The summed E-state index contributed by atoms with van der Waals surface area (Å²) in [6.07, 6.45) is 0.138. The number of thiophene rings is 1. The van der Waals surface area contributed by atoms with Crippen molar-refractivity contribution < 1.29 is 19.4 Å².